The normalized spacial score (nSPS) is 25.4. The standard InChI is InChI=1S/C10H15BrN4O/c1-6-7(3-2-4-12-6)15-9-8(11)10(16)14-5-13-9/h5-7,12H,2-4H2,1H3,(H2,13,14,15,16). The van der Waals surface area contributed by atoms with Crippen LogP contribution < -0.4 is 16.2 Å². The van der Waals surface area contributed by atoms with Gasteiger partial charge in [-0.2, -0.15) is 0 Å². The molecule has 6 heteroatoms. The number of aromatic amines is 1. The van der Waals surface area contributed by atoms with Crippen LogP contribution in [0.1, 0.15) is 19.8 Å². The number of rotatable bonds is 2. The Labute approximate surface area is 102 Å². The average molecular weight is 287 g/mol. The Bertz CT molecular complexity index is 420. The lowest BCUT2D eigenvalue weighted by atomic mass is 10.00. The molecule has 3 N–H and O–H groups in total. The first kappa shape index (κ1) is 11.6. The number of nitrogens with one attached hydrogen (secondary N) is 3. The number of hydrogen-bond donors (Lipinski definition) is 3. The molecule has 0 aliphatic carbocycles. The second kappa shape index (κ2) is 4.97. The van der Waals surface area contributed by atoms with E-state index in [1.54, 1.807) is 0 Å². The molecule has 0 amide bonds. The van der Waals surface area contributed by atoms with Crippen LogP contribution in [0.25, 0.3) is 0 Å². The van der Waals surface area contributed by atoms with E-state index in [0.717, 1.165) is 19.4 Å². The minimum atomic E-state index is -0.158. The molecule has 5 nitrogen and oxygen atoms in total. The zero-order chi connectivity index (χ0) is 11.5. The first-order valence-corrected chi connectivity index (χ1v) is 6.21. The summed E-state index contributed by atoms with van der Waals surface area (Å²) in [6.07, 6.45) is 3.65. The summed E-state index contributed by atoms with van der Waals surface area (Å²) in [5.74, 6) is 0.615. The van der Waals surface area contributed by atoms with Crippen LogP contribution >= 0.6 is 15.9 Å². The Hall–Kier alpha value is -0.880. The highest BCUT2D eigenvalue weighted by Gasteiger charge is 2.21. The van der Waals surface area contributed by atoms with Gasteiger partial charge in [0.1, 0.15) is 10.3 Å². The van der Waals surface area contributed by atoms with E-state index in [4.69, 9.17) is 0 Å². The first-order valence-electron chi connectivity index (χ1n) is 5.41. The third kappa shape index (κ3) is 2.44. The summed E-state index contributed by atoms with van der Waals surface area (Å²) in [6.45, 7) is 3.20. The van der Waals surface area contributed by atoms with Crippen LogP contribution in [-0.4, -0.2) is 28.6 Å². The summed E-state index contributed by atoms with van der Waals surface area (Å²) in [5, 5.41) is 6.69. The zero-order valence-corrected chi connectivity index (χ0v) is 10.7. The Morgan fingerprint density at radius 3 is 3.19 bits per heavy atom. The number of aromatic nitrogens is 2. The highest BCUT2D eigenvalue weighted by molar-refractivity contribution is 9.10. The Kier molecular flexibility index (Phi) is 3.60. The number of hydrogen-bond acceptors (Lipinski definition) is 4. The van der Waals surface area contributed by atoms with E-state index in [0.29, 0.717) is 22.4 Å². The molecule has 1 aromatic rings. The van der Waals surface area contributed by atoms with Crippen LogP contribution in [0.4, 0.5) is 5.82 Å². The third-order valence-electron chi connectivity index (χ3n) is 2.88. The summed E-state index contributed by atoms with van der Waals surface area (Å²) in [7, 11) is 0. The predicted molar refractivity (Wildman–Crippen MR) is 66.7 cm³/mol. The first-order chi connectivity index (χ1) is 7.68. The van der Waals surface area contributed by atoms with Crippen molar-refractivity contribution >= 4 is 21.7 Å². The molecule has 2 rings (SSSR count). The lowest BCUT2D eigenvalue weighted by Crippen LogP contribution is -2.46. The van der Waals surface area contributed by atoms with Gasteiger partial charge in [-0.1, -0.05) is 0 Å². The quantitative estimate of drug-likeness (QED) is 0.761. The molecule has 1 fully saturated rings. The van der Waals surface area contributed by atoms with Crippen molar-refractivity contribution in [2.24, 2.45) is 0 Å². The molecule has 2 atom stereocenters. The van der Waals surface area contributed by atoms with Gasteiger partial charge in [-0.3, -0.25) is 4.79 Å². The monoisotopic (exact) mass is 286 g/mol. The van der Waals surface area contributed by atoms with Gasteiger partial charge in [0.25, 0.3) is 5.56 Å². The minimum absolute atomic E-state index is 0.158. The fourth-order valence-corrected chi connectivity index (χ4v) is 2.23. The van der Waals surface area contributed by atoms with E-state index in [1.807, 2.05) is 0 Å². The van der Waals surface area contributed by atoms with Gasteiger partial charge in [0.2, 0.25) is 0 Å². The van der Waals surface area contributed by atoms with Crippen LogP contribution in [0.15, 0.2) is 15.6 Å². The van der Waals surface area contributed by atoms with E-state index >= 15 is 0 Å². The van der Waals surface area contributed by atoms with Crippen molar-refractivity contribution < 1.29 is 0 Å². The van der Waals surface area contributed by atoms with Crippen molar-refractivity contribution in [1.29, 1.82) is 0 Å². The summed E-state index contributed by atoms with van der Waals surface area (Å²) >= 11 is 3.24. The van der Waals surface area contributed by atoms with Crippen molar-refractivity contribution in [2.45, 2.75) is 31.8 Å². The van der Waals surface area contributed by atoms with Gasteiger partial charge in [-0.05, 0) is 42.2 Å². The van der Waals surface area contributed by atoms with Crippen LogP contribution in [0.3, 0.4) is 0 Å². The summed E-state index contributed by atoms with van der Waals surface area (Å²) in [6, 6.07) is 0.709. The molecule has 88 valence electrons. The molecule has 1 aliphatic heterocycles. The molecule has 1 aliphatic rings. The highest BCUT2D eigenvalue weighted by Crippen LogP contribution is 2.18. The van der Waals surface area contributed by atoms with Crippen LogP contribution in [-0.2, 0) is 0 Å². The minimum Gasteiger partial charge on any atom is -0.365 e. The van der Waals surface area contributed by atoms with E-state index in [-0.39, 0.29) is 5.56 Å². The van der Waals surface area contributed by atoms with Gasteiger partial charge < -0.3 is 15.6 Å². The van der Waals surface area contributed by atoms with Gasteiger partial charge in [-0.25, -0.2) is 4.98 Å². The maximum atomic E-state index is 11.4. The Balaban J connectivity index is 2.14. The molecule has 1 saturated heterocycles. The molecule has 0 bridgehead atoms. The van der Waals surface area contributed by atoms with Crippen LogP contribution in [0.2, 0.25) is 0 Å². The van der Waals surface area contributed by atoms with E-state index in [2.05, 4.69) is 43.5 Å². The number of anilines is 1. The zero-order valence-electron chi connectivity index (χ0n) is 9.09. The number of halogens is 1. The van der Waals surface area contributed by atoms with Crippen molar-refractivity contribution in [3.05, 3.63) is 21.2 Å². The predicted octanol–water partition coefficient (Wildman–Crippen LogP) is 1.08. The number of piperidine rings is 1. The number of H-pyrrole nitrogens is 1. The molecule has 2 heterocycles. The Morgan fingerprint density at radius 2 is 2.44 bits per heavy atom. The van der Waals surface area contributed by atoms with Gasteiger partial charge >= 0.3 is 0 Å². The molecule has 2 unspecified atom stereocenters. The topological polar surface area (TPSA) is 69.8 Å². The maximum Gasteiger partial charge on any atom is 0.267 e. The number of nitrogens with zero attached hydrogens (tertiary/aromatic N) is 1. The molecule has 0 radical (unpaired) electrons. The molecule has 0 saturated carbocycles. The summed E-state index contributed by atoms with van der Waals surface area (Å²) in [5.41, 5.74) is -0.158. The SMILES string of the molecule is CC1NCCCC1Nc1nc[nH]c(=O)c1Br. The molecule has 0 spiro atoms. The second-order valence-corrected chi connectivity index (χ2v) is 4.82. The van der Waals surface area contributed by atoms with E-state index in [1.165, 1.54) is 6.33 Å². The average Bonchev–Trinajstić information content (AvgIpc) is 2.28. The summed E-state index contributed by atoms with van der Waals surface area (Å²) in [4.78, 5) is 18.0. The molecular weight excluding hydrogens is 272 g/mol. The molecular formula is C10H15BrN4O. The lowest BCUT2D eigenvalue weighted by molar-refractivity contribution is 0.388. The molecule has 1 aromatic heterocycles. The summed E-state index contributed by atoms with van der Waals surface area (Å²) < 4.78 is 0.466. The fraction of sp³-hybridized carbons (Fsp3) is 0.600. The van der Waals surface area contributed by atoms with Crippen LogP contribution in [0.5, 0.6) is 0 Å². The third-order valence-corrected chi connectivity index (χ3v) is 3.62. The van der Waals surface area contributed by atoms with Gasteiger partial charge in [0, 0.05) is 12.1 Å². The largest absolute Gasteiger partial charge is 0.365 e. The van der Waals surface area contributed by atoms with Crippen molar-refractivity contribution in [3.63, 3.8) is 0 Å². The van der Waals surface area contributed by atoms with Gasteiger partial charge in [-0.15, -0.1) is 0 Å². The van der Waals surface area contributed by atoms with Crippen molar-refractivity contribution in [3.8, 4) is 0 Å². The van der Waals surface area contributed by atoms with E-state index < -0.39 is 0 Å². The maximum absolute atomic E-state index is 11.4. The molecule has 0 aromatic carbocycles. The van der Waals surface area contributed by atoms with Gasteiger partial charge in [0.15, 0.2) is 0 Å². The highest BCUT2D eigenvalue weighted by atomic mass is 79.9. The van der Waals surface area contributed by atoms with Crippen molar-refractivity contribution in [2.75, 3.05) is 11.9 Å². The second-order valence-electron chi connectivity index (χ2n) is 4.03. The lowest BCUT2D eigenvalue weighted by Gasteiger charge is -2.31. The Morgan fingerprint density at radius 1 is 1.62 bits per heavy atom. The molecule has 16 heavy (non-hydrogen) atoms. The smallest absolute Gasteiger partial charge is 0.267 e. The van der Waals surface area contributed by atoms with Crippen LogP contribution in [0, 0.1) is 0 Å². The fourth-order valence-electron chi connectivity index (χ4n) is 1.90. The van der Waals surface area contributed by atoms with Gasteiger partial charge in [0.05, 0.1) is 6.33 Å². The van der Waals surface area contributed by atoms with E-state index in [9.17, 15) is 4.79 Å². The van der Waals surface area contributed by atoms with Crippen molar-refractivity contribution in [1.82, 2.24) is 15.3 Å².